The monoisotopic (exact) mass is 422 g/mol. The molecule has 1 rings (SSSR count). The Bertz CT molecular complexity index is 515. The van der Waals surface area contributed by atoms with Gasteiger partial charge in [-0.05, 0) is 46.8 Å². The fourth-order valence-electron chi connectivity index (χ4n) is 1.47. The van der Waals surface area contributed by atoms with Crippen molar-refractivity contribution in [1.29, 1.82) is 0 Å². The Morgan fingerprint density at radius 3 is 2.48 bits per heavy atom. The van der Waals surface area contributed by atoms with Gasteiger partial charge in [0.25, 0.3) is 5.69 Å². The first-order valence-electron chi connectivity index (χ1n) is 6.86. The summed E-state index contributed by atoms with van der Waals surface area (Å²) in [6.45, 7) is 12.4. The van der Waals surface area contributed by atoms with Crippen molar-refractivity contribution in [3.05, 3.63) is 31.9 Å². The number of anilines is 1. The van der Waals surface area contributed by atoms with Gasteiger partial charge in [0.15, 0.2) is 8.32 Å². The fourth-order valence-corrected chi connectivity index (χ4v) is 3.20. The highest BCUT2D eigenvalue weighted by molar-refractivity contribution is 14.1. The third-order valence-corrected chi connectivity index (χ3v) is 9.28. The Labute approximate surface area is 140 Å². The van der Waals surface area contributed by atoms with Gasteiger partial charge in [-0.2, -0.15) is 0 Å². The molecule has 0 heterocycles. The number of non-ortho nitro benzene ring substituents is 1. The lowest BCUT2D eigenvalue weighted by Gasteiger charge is -2.36. The maximum Gasteiger partial charge on any atom is 0.270 e. The molecule has 0 spiro atoms. The minimum absolute atomic E-state index is 0.113. The average Bonchev–Trinajstić information content (AvgIpc) is 2.34. The van der Waals surface area contributed by atoms with Gasteiger partial charge in [0.2, 0.25) is 0 Å². The summed E-state index contributed by atoms with van der Waals surface area (Å²) in [5.74, 6) is 0. The molecule has 0 atom stereocenters. The van der Waals surface area contributed by atoms with Crippen molar-refractivity contribution in [3.63, 3.8) is 0 Å². The summed E-state index contributed by atoms with van der Waals surface area (Å²) in [5.41, 5.74) is 1.02. The van der Waals surface area contributed by atoms with Crippen molar-refractivity contribution in [2.24, 2.45) is 0 Å². The first-order chi connectivity index (χ1) is 9.54. The van der Waals surface area contributed by atoms with Crippen molar-refractivity contribution in [2.45, 2.75) is 38.9 Å². The Morgan fingerprint density at radius 2 is 2.00 bits per heavy atom. The molecular formula is C14H23IN2O3Si. The second kappa shape index (κ2) is 7.06. The van der Waals surface area contributed by atoms with Gasteiger partial charge in [0, 0.05) is 27.9 Å². The standard InChI is InChI=1S/C14H23IN2O3Si/c1-14(2,3)21(4,5)20-9-8-16-13-7-6-11(17(18)19)10-12(13)15/h6-7,10,16H,8-9H2,1-5H3. The van der Waals surface area contributed by atoms with Crippen LogP contribution in [0.3, 0.4) is 0 Å². The van der Waals surface area contributed by atoms with E-state index in [4.69, 9.17) is 4.43 Å². The average molecular weight is 422 g/mol. The summed E-state index contributed by atoms with van der Waals surface area (Å²) in [6, 6.07) is 4.82. The largest absolute Gasteiger partial charge is 0.415 e. The molecule has 0 aromatic heterocycles. The molecule has 0 saturated carbocycles. The quantitative estimate of drug-likeness (QED) is 0.239. The van der Waals surface area contributed by atoms with Crippen LogP contribution in [0.25, 0.3) is 0 Å². The van der Waals surface area contributed by atoms with Crippen molar-refractivity contribution < 1.29 is 9.35 Å². The van der Waals surface area contributed by atoms with E-state index in [1.54, 1.807) is 12.1 Å². The molecule has 0 bridgehead atoms. The van der Waals surface area contributed by atoms with Crippen LogP contribution in [0.1, 0.15) is 20.8 Å². The van der Waals surface area contributed by atoms with E-state index in [1.165, 1.54) is 6.07 Å². The van der Waals surface area contributed by atoms with Crippen LogP contribution in [-0.4, -0.2) is 26.4 Å². The number of nitro groups is 1. The van der Waals surface area contributed by atoms with Crippen molar-refractivity contribution in [2.75, 3.05) is 18.5 Å². The van der Waals surface area contributed by atoms with Crippen LogP contribution < -0.4 is 5.32 Å². The smallest absolute Gasteiger partial charge is 0.270 e. The van der Waals surface area contributed by atoms with E-state index in [1.807, 2.05) is 0 Å². The van der Waals surface area contributed by atoms with Crippen LogP contribution in [0.15, 0.2) is 18.2 Å². The summed E-state index contributed by atoms with van der Waals surface area (Å²) >= 11 is 2.10. The zero-order valence-electron chi connectivity index (χ0n) is 13.2. The van der Waals surface area contributed by atoms with Crippen molar-refractivity contribution in [3.8, 4) is 0 Å². The number of nitrogens with zero attached hydrogens (tertiary/aromatic N) is 1. The Morgan fingerprint density at radius 1 is 1.38 bits per heavy atom. The summed E-state index contributed by atoms with van der Waals surface area (Å²) in [6.07, 6.45) is 0. The topological polar surface area (TPSA) is 64.4 Å². The van der Waals surface area contributed by atoms with Crippen LogP contribution in [0, 0.1) is 13.7 Å². The molecule has 0 unspecified atom stereocenters. The maximum absolute atomic E-state index is 10.7. The lowest BCUT2D eigenvalue weighted by Crippen LogP contribution is -2.41. The number of halogens is 1. The lowest BCUT2D eigenvalue weighted by atomic mass is 10.2. The van der Waals surface area contributed by atoms with Gasteiger partial charge >= 0.3 is 0 Å². The highest BCUT2D eigenvalue weighted by Gasteiger charge is 2.36. The molecule has 118 valence electrons. The van der Waals surface area contributed by atoms with E-state index in [0.29, 0.717) is 13.2 Å². The van der Waals surface area contributed by atoms with E-state index in [9.17, 15) is 10.1 Å². The van der Waals surface area contributed by atoms with Crippen molar-refractivity contribution in [1.82, 2.24) is 0 Å². The van der Waals surface area contributed by atoms with Gasteiger partial charge in [-0.25, -0.2) is 0 Å². The van der Waals surface area contributed by atoms with E-state index in [-0.39, 0.29) is 15.6 Å². The summed E-state index contributed by atoms with van der Waals surface area (Å²) < 4.78 is 6.92. The third kappa shape index (κ3) is 5.22. The number of rotatable bonds is 6. The van der Waals surface area contributed by atoms with Gasteiger partial charge in [-0.3, -0.25) is 10.1 Å². The summed E-state index contributed by atoms with van der Waals surface area (Å²) in [7, 11) is -1.71. The van der Waals surface area contributed by atoms with Gasteiger partial charge < -0.3 is 9.74 Å². The molecule has 1 aromatic rings. The van der Waals surface area contributed by atoms with Gasteiger partial charge in [0.1, 0.15) is 0 Å². The fraction of sp³-hybridized carbons (Fsp3) is 0.571. The molecule has 0 aliphatic rings. The molecule has 1 aromatic carbocycles. The molecule has 0 amide bonds. The second-order valence-corrected chi connectivity index (χ2v) is 12.4. The minimum Gasteiger partial charge on any atom is -0.415 e. The van der Waals surface area contributed by atoms with E-state index in [0.717, 1.165) is 9.26 Å². The van der Waals surface area contributed by atoms with Crippen LogP contribution in [0.2, 0.25) is 18.1 Å². The lowest BCUT2D eigenvalue weighted by molar-refractivity contribution is -0.384. The molecule has 0 fully saturated rings. The van der Waals surface area contributed by atoms with Crippen LogP contribution in [0.5, 0.6) is 0 Å². The molecule has 5 nitrogen and oxygen atoms in total. The second-order valence-electron chi connectivity index (χ2n) is 6.46. The molecule has 21 heavy (non-hydrogen) atoms. The normalized spacial score (nSPS) is 12.3. The third-order valence-electron chi connectivity index (χ3n) is 3.85. The number of nitro benzene ring substituents is 1. The maximum atomic E-state index is 10.7. The number of hydrogen-bond donors (Lipinski definition) is 1. The first kappa shape index (κ1) is 18.4. The first-order valence-corrected chi connectivity index (χ1v) is 10.8. The Hall–Kier alpha value is -0.673. The van der Waals surface area contributed by atoms with E-state index < -0.39 is 8.32 Å². The van der Waals surface area contributed by atoms with Crippen molar-refractivity contribution >= 4 is 42.3 Å². The highest BCUT2D eigenvalue weighted by Crippen LogP contribution is 2.36. The number of hydrogen-bond acceptors (Lipinski definition) is 4. The number of benzene rings is 1. The molecular weight excluding hydrogens is 399 g/mol. The van der Waals surface area contributed by atoms with Crippen LogP contribution >= 0.6 is 22.6 Å². The summed E-state index contributed by atoms with van der Waals surface area (Å²) in [5, 5.41) is 14.2. The Kier molecular flexibility index (Phi) is 6.18. The summed E-state index contributed by atoms with van der Waals surface area (Å²) in [4.78, 5) is 10.3. The van der Waals surface area contributed by atoms with Crippen LogP contribution in [-0.2, 0) is 4.43 Å². The molecule has 0 radical (unpaired) electrons. The molecule has 1 N–H and O–H groups in total. The molecule has 7 heteroatoms. The highest BCUT2D eigenvalue weighted by atomic mass is 127. The zero-order chi connectivity index (χ0) is 16.3. The molecule has 0 saturated heterocycles. The van der Waals surface area contributed by atoms with E-state index >= 15 is 0 Å². The molecule has 0 aliphatic carbocycles. The predicted octanol–water partition coefficient (Wildman–Crippen LogP) is 4.63. The van der Waals surface area contributed by atoms with E-state index in [2.05, 4.69) is 61.8 Å². The number of nitrogens with one attached hydrogen (secondary N) is 1. The minimum atomic E-state index is -1.71. The van der Waals surface area contributed by atoms with Crippen LogP contribution in [0.4, 0.5) is 11.4 Å². The SMILES string of the molecule is CC(C)(C)[Si](C)(C)OCCNc1ccc([N+](=O)[O-])cc1I. The zero-order valence-corrected chi connectivity index (χ0v) is 16.4. The van der Waals surface area contributed by atoms with Gasteiger partial charge in [-0.1, -0.05) is 20.8 Å². The van der Waals surface area contributed by atoms with Gasteiger partial charge in [0.05, 0.1) is 11.5 Å². The molecule has 0 aliphatic heterocycles. The van der Waals surface area contributed by atoms with Gasteiger partial charge in [-0.15, -0.1) is 0 Å². The Balaban J connectivity index is 2.52. The predicted molar refractivity (Wildman–Crippen MR) is 97.5 cm³/mol.